The normalized spacial score (nSPS) is 19.9. The fourth-order valence-corrected chi connectivity index (χ4v) is 1.99. The summed E-state index contributed by atoms with van der Waals surface area (Å²) in [5, 5.41) is 12.5. The Morgan fingerprint density at radius 3 is 2.79 bits per heavy atom. The van der Waals surface area contributed by atoms with Crippen molar-refractivity contribution in [1.82, 2.24) is 15.0 Å². The molecule has 19 heavy (non-hydrogen) atoms. The van der Waals surface area contributed by atoms with Crippen LogP contribution in [0.2, 0.25) is 0 Å². The Bertz CT molecular complexity index is 503. The second kappa shape index (κ2) is 5.48. The number of nitrogens with zero attached hydrogens (tertiary/aromatic N) is 3. The minimum absolute atomic E-state index is 0.0357. The molecule has 4 N–H and O–H groups in total. The molecule has 1 heterocycles. The van der Waals surface area contributed by atoms with Crippen molar-refractivity contribution in [3.05, 3.63) is 11.7 Å². The number of anilines is 2. The van der Waals surface area contributed by atoms with Gasteiger partial charge in [0.25, 0.3) is 0 Å². The third-order valence-corrected chi connectivity index (χ3v) is 2.83. The molecule has 1 unspecified atom stereocenters. The number of hydrogen-bond donors (Lipinski definition) is 3. The van der Waals surface area contributed by atoms with E-state index in [9.17, 15) is 9.50 Å². The van der Waals surface area contributed by atoms with E-state index in [0.29, 0.717) is 30.8 Å². The number of aliphatic hydroxyl groups excluding tert-OH is 1. The highest BCUT2D eigenvalue weighted by atomic mass is 19.1. The SMILES string of the molecule is CC(C)Nc1nc(N)nc(C2=C(F)C(O)CCC2)n1. The smallest absolute Gasteiger partial charge is 0.228 e. The molecule has 1 aliphatic rings. The maximum absolute atomic E-state index is 13.9. The van der Waals surface area contributed by atoms with Crippen LogP contribution in [-0.2, 0) is 0 Å². The molecule has 0 saturated carbocycles. The number of nitrogens with two attached hydrogens (primary N) is 1. The summed E-state index contributed by atoms with van der Waals surface area (Å²) in [7, 11) is 0. The summed E-state index contributed by atoms with van der Waals surface area (Å²) in [6, 6.07) is 0.130. The van der Waals surface area contributed by atoms with Gasteiger partial charge < -0.3 is 16.2 Å². The molecule has 7 heteroatoms. The molecule has 2 rings (SSSR count). The van der Waals surface area contributed by atoms with Gasteiger partial charge in [0.05, 0.1) is 0 Å². The van der Waals surface area contributed by atoms with Crippen molar-refractivity contribution in [3.8, 4) is 0 Å². The summed E-state index contributed by atoms with van der Waals surface area (Å²) in [6.07, 6.45) is 0.548. The molecule has 0 bridgehead atoms. The van der Waals surface area contributed by atoms with Crippen LogP contribution in [0.4, 0.5) is 16.3 Å². The first-order valence-corrected chi connectivity index (χ1v) is 6.32. The van der Waals surface area contributed by atoms with Gasteiger partial charge in [-0.15, -0.1) is 0 Å². The zero-order valence-electron chi connectivity index (χ0n) is 11.0. The maximum atomic E-state index is 13.9. The van der Waals surface area contributed by atoms with Crippen molar-refractivity contribution in [2.24, 2.45) is 0 Å². The summed E-state index contributed by atoms with van der Waals surface area (Å²) in [5.74, 6) is -0.00868. The van der Waals surface area contributed by atoms with Crippen LogP contribution in [0.5, 0.6) is 0 Å². The third kappa shape index (κ3) is 3.17. The highest BCUT2D eigenvalue weighted by molar-refractivity contribution is 5.65. The van der Waals surface area contributed by atoms with Crippen LogP contribution < -0.4 is 11.1 Å². The standard InChI is InChI=1S/C12H18FN5O/c1-6(2)15-12-17-10(16-11(14)18-12)7-4-3-5-8(19)9(7)13/h6,8,19H,3-5H2,1-2H3,(H3,14,15,16,17,18). The van der Waals surface area contributed by atoms with Crippen LogP contribution >= 0.6 is 0 Å². The molecule has 6 nitrogen and oxygen atoms in total. The number of halogens is 1. The molecule has 1 aromatic heterocycles. The molecule has 0 spiro atoms. The average Bonchev–Trinajstić information content (AvgIpc) is 2.31. The molecule has 0 amide bonds. The largest absolute Gasteiger partial charge is 0.386 e. The van der Waals surface area contributed by atoms with E-state index in [-0.39, 0.29) is 17.8 Å². The first kappa shape index (κ1) is 13.7. The lowest BCUT2D eigenvalue weighted by molar-refractivity contribution is 0.165. The van der Waals surface area contributed by atoms with Gasteiger partial charge in [0.15, 0.2) is 5.82 Å². The number of aromatic nitrogens is 3. The Kier molecular flexibility index (Phi) is 3.94. The van der Waals surface area contributed by atoms with Crippen molar-refractivity contribution in [2.45, 2.75) is 45.3 Å². The van der Waals surface area contributed by atoms with Gasteiger partial charge in [-0.1, -0.05) is 0 Å². The number of nitrogen functional groups attached to an aromatic ring is 1. The highest BCUT2D eigenvalue weighted by Gasteiger charge is 2.24. The molecule has 0 fully saturated rings. The van der Waals surface area contributed by atoms with Crippen molar-refractivity contribution in [1.29, 1.82) is 0 Å². The number of nitrogens with one attached hydrogen (secondary N) is 1. The van der Waals surface area contributed by atoms with E-state index < -0.39 is 11.9 Å². The summed E-state index contributed by atoms with van der Waals surface area (Å²) in [6.45, 7) is 3.87. The molecular formula is C12H18FN5O. The Labute approximate surface area is 111 Å². The van der Waals surface area contributed by atoms with E-state index in [2.05, 4.69) is 20.3 Å². The molecule has 1 aliphatic carbocycles. The molecule has 0 radical (unpaired) electrons. The van der Waals surface area contributed by atoms with Gasteiger partial charge in [0.1, 0.15) is 11.9 Å². The van der Waals surface area contributed by atoms with Gasteiger partial charge in [-0.05, 0) is 33.1 Å². The van der Waals surface area contributed by atoms with Crippen molar-refractivity contribution >= 4 is 17.5 Å². The fraction of sp³-hybridized carbons (Fsp3) is 0.583. The molecule has 1 atom stereocenters. The molecule has 0 saturated heterocycles. The van der Waals surface area contributed by atoms with Crippen LogP contribution in [0.25, 0.3) is 5.57 Å². The van der Waals surface area contributed by atoms with Crippen molar-refractivity contribution in [3.63, 3.8) is 0 Å². The Balaban J connectivity index is 2.39. The predicted octanol–water partition coefficient (Wildman–Crippen LogP) is 1.50. The molecule has 104 valence electrons. The highest BCUT2D eigenvalue weighted by Crippen LogP contribution is 2.32. The first-order chi connectivity index (χ1) is 8.97. The fourth-order valence-electron chi connectivity index (χ4n) is 1.99. The molecule has 0 aromatic carbocycles. The minimum atomic E-state index is -1.07. The van der Waals surface area contributed by atoms with Crippen LogP contribution in [0.3, 0.4) is 0 Å². The summed E-state index contributed by atoms with van der Waals surface area (Å²) >= 11 is 0. The van der Waals surface area contributed by atoms with E-state index in [1.54, 1.807) is 0 Å². The van der Waals surface area contributed by atoms with Crippen LogP contribution in [0.1, 0.15) is 38.9 Å². The summed E-state index contributed by atoms with van der Waals surface area (Å²) in [4.78, 5) is 12.1. The van der Waals surface area contributed by atoms with Gasteiger partial charge in [0, 0.05) is 11.6 Å². The second-order valence-corrected chi connectivity index (χ2v) is 4.87. The van der Waals surface area contributed by atoms with Crippen LogP contribution in [0.15, 0.2) is 5.83 Å². The number of aliphatic hydroxyl groups is 1. The van der Waals surface area contributed by atoms with Crippen molar-refractivity contribution < 1.29 is 9.50 Å². The quantitative estimate of drug-likeness (QED) is 0.768. The van der Waals surface area contributed by atoms with Gasteiger partial charge >= 0.3 is 0 Å². The van der Waals surface area contributed by atoms with Gasteiger partial charge in [-0.2, -0.15) is 15.0 Å². The van der Waals surface area contributed by atoms with Gasteiger partial charge in [-0.3, -0.25) is 0 Å². The maximum Gasteiger partial charge on any atom is 0.228 e. The monoisotopic (exact) mass is 267 g/mol. The Morgan fingerprint density at radius 1 is 1.37 bits per heavy atom. The van der Waals surface area contributed by atoms with E-state index in [0.717, 1.165) is 0 Å². The lowest BCUT2D eigenvalue weighted by atomic mass is 9.96. The average molecular weight is 267 g/mol. The zero-order valence-corrected chi connectivity index (χ0v) is 11.0. The van der Waals surface area contributed by atoms with Crippen molar-refractivity contribution in [2.75, 3.05) is 11.1 Å². The van der Waals surface area contributed by atoms with Gasteiger partial charge in [0.2, 0.25) is 11.9 Å². The van der Waals surface area contributed by atoms with E-state index in [1.165, 1.54) is 0 Å². The second-order valence-electron chi connectivity index (χ2n) is 4.87. The lowest BCUT2D eigenvalue weighted by Crippen LogP contribution is -2.18. The first-order valence-electron chi connectivity index (χ1n) is 6.32. The molecule has 1 aromatic rings. The molecule has 0 aliphatic heterocycles. The number of hydrogen-bond acceptors (Lipinski definition) is 6. The predicted molar refractivity (Wildman–Crippen MR) is 70.9 cm³/mol. The summed E-state index contributed by atoms with van der Waals surface area (Å²) in [5.41, 5.74) is 5.93. The van der Waals surface area contributed by atoms with Gasteiger partial charge in [-0.25, -0.2) is 4.39 Å². The van der Waals surface area contributed by atoms with E-state index >= 15 is 0 Å². The summed E-state index contributed by atoms with van der Waals surface area (Å²) < 4.78 is 13.9. The topological polar surface area (TPSA) is 97.0 Å². The Morgan fingerprint density at radius 2 is 2.11 bits per heavy atom. The lowest BCUT2D eigenvalue weighted by Gasteiger charge is -2.19. The Hall–Kier alpha value is -1.76. The van der Waals surface area contributed by atoms with Crippen LogP contribution in [-0.4, -0.2) is 32.2 Å². The minimum Gasteiger partial charge on any atom is -0.386 e. The number of rotatable bonds is 3. The number of allylic oxidation sites excluding steroid dienone is 1. The zero-order chi connectivity index (χ0) is 14.0. The molecular weight excluding hydrogens is 249 g/mol. The third-order valence-electron chi connectivity index (χ3n) is 2.83. The van der Waals surface area contributed by atoms with E-state index in [4.69, 9.17) is 5.73 Å². The van der Waals surface area contributed by atoms with Crippen LogP contribution in [0, 0.1) is 0 Å². The van der Waals surface area contributed by atoms with E-state index in [1.807, 2.05) is 13.8 Å².